The van der Waals surface area contributed by atoms with Crippen molar-refractivity contribution in [2.75, 3.05) is 19.6 Å². The maximum Gasteiger partial charge on any atom is 0.252 e. The molecular weight excluding hydrogens is 264 g/mol. The number of piperidine rings is 1. The predicted molar refractivity (Wildman–Crippen MR) is 60.7 cm³/mol. The lowest BCUT2D eigenvalue weighted by atomic mass is 10.0. The molecule has 2 unspecified atom stereocenters. The van der Waals surface area contributed by atoms with E-state index in [4.69, 9.17) is 0 Å². The molecule has 2 atom stereocenters. The number of alkyl halides is 3. The van der Waals surface area contributed by atoms with E-state index in [1.165, 1.54) is 6.42 Å². The fourth-order valence-electron chi connectivity index (χ4n) is 2.70. The average molecular weight is 282 g/mol. The van der Waals surface area contributed by atoms with Crippen LogP contribution in [0.1, 0.15) is 32.1 Å². The van der Waals surface area contributed by atoms with E-state index in [0.717, 1.165) is 19.5 Å². The van der Waals surface area contributed by atoms with Gasteiger partial charge in [0.05, 0.1) is 0 Å². The zero-order valence-corrected chi connectivity index (χ0v) is 10.5. The van der Waals surface area contributed by atoms with E-state index in [9.17, 15) is 8.78 Å². The van der Waals surface area contributed by atoms with E-state index >= 15 is 0 Å². The summed E-state index contributed by atoms with van der Waals surface area (Å²) in [4.78, 5) is 2.70. The van der Waals surface area contributed by atoms with Gasteiger partial charge in [0, 0.05) is 30.3 Å². The van der Waals surface area contributed by atoms with Gasteiger partial charge in [-0.1, -0.05) is 15.9 Å². The summed E-state index contributed by atoms with van der Waals surface area (Å²) in [5.41, 5.74) is 0. The number of rotatable bonds is 2. The molecule has 2 fully saturated rings. The molecule has 0 spiro atoms. The third kappa shape index (κ3) is 2.90. The van der Waals surface area contributed by atoms with Gasteiger partial charge in [0.25, 0.3) is 5.92 Å². The van der Waals surface area contributed by atoms with Gasteiger partial charge in [0.15, 0.2) is 0 Å². The topological polar surface area (TPSA) is 3.24 Å². The van der Waals surface area contributed by atoms with Crippen molar-refractivity contribution >= 4 is 15.9 Å². The fraction of sp³-hybridized carbons (Fsp3) is 1.00. The summed E-state index contributed by atoms with van der Waals surface area (Å²) in [7, 11) is 0. The molecule has 0 amide bonds. The van der Waals surface area contributed by atoms with Gasteiger partial charge < -0.3 is 4.90 Å². The second kappa shape index (κ2) is 4.66. The van der Waals surface area contributed by atoms with E-state index in [1.54, 1.807) is 0 Å². The Kier molecular flexibility index (Phi) is 3.66. The van der Waals surface area contributed by atoms with Crippen LogP contribution in [-0.2, 0) is 0 Å². The summed E-state index contributed by atoms with van der Waals surface area (Å²) in [6.07, 6.45) is 3.81. The predicted octanol–water partition coefficient (Wildman–Crippen LogP) is 3.28. The van der Waals surface area contributed by atoms with Crippen molar-refractivity contribution < 1.29 is 8.78 Å². The molecule has 0 aromatic heterocycles. The zero-order chi connectivity index (χ0) is 10.9. The highest BCUT2D eigenvalue weighted by Gasteiger charge is 2.44. The van der Waals surface area contributed by atoms with Gasteiger partial charge in [-0.2, -0.15) is 0 Å². The molecule has 0 N–H and O–H groups in total. The SMILES string of the molecule is FC1(F)CCCC1CN1CCCC(Br)C1. The van der Waals surface area contributed by atoms with Gasteiger partial charge in [-0.15, -0.1) is 0 Å². The Balaban J connectivity index is 1.85. The molecule has 1 saturated carbocycles. The lowest BCUT2D eigenvalue weighted by Crippen LogP contribution is -2.41. The molecule has 88 valence electrons. The smallest absolute Gasteiger partial charge is 0.252 e. The van der Waals surface area contributed by atoms with Crippen LogP contribution in [0.3, 0.4) is 0 Å². The summed E-state index contributed by atoms with van der Waals surface area (Å²) in [5.74, 6) is -2.80. The normalized spacial score (nSPS) is 37.0. The summed E-state index contributed by atoms with van der Waals surface area (Å²) >= 11 is 3.58. The minimum absolute atomic E-state index is 0.100. The Morgan fingerprint density at radius 3 is 2.67 bits per heavy atom. The van der Waals surface area contributed by atoms with Crippen LogP contribution in [0.2, 0.25) is 0 Å². The number of nitrogens with zero attached hydrogens (tertiary/aromatic N) is 1. The van der Waals surface area contributed by atoms with Gasteiger partial charge in [0.1, 0.15) is 0 Å². The first-order valence-electron chi connectivity index (χ1n) is 5.82. The van der Waals surface area contributed by atoms with Gasteiger partial charge in [-0.3, -0.25) is 0 Å². The van der Waals surface area contributed by atoms with Crippen molar-refractivity contribution in [2.24, 2.45) is 5.92 Å². The van der Waals surface area contributed by atoms with Crippen LogP contribution in [0.25, 0.3) is 0 Å². The molecule has 2 rings (SSSR count). The molecule has 0 bridgehead atoms. The second-order valence-electron chi connectivity index (χ2n) is 4.85. The monoisotopic (exact) mass is 281 g/mol. The van der Waals surface area contributed by atoms with Crippen molar-refractivity contribution in [3.63, 3.8) is 0 Å². The third-order valence-corrected chi connectivity index (χ3v) is 4.33. The van der Waals surface area contributed by atoms with Crippen LogP contribution in [0.5, 0.6) is 0 Å². The van der Waals surface area contributed by atoms with Crippen LogP contribution < -0.4 is 0 Å². The van der Waals surface area contributed by atoms with Gasteiger partial charge >= 0.3 is 0 Å². The number of halogens is 3. The molecule has 1 saturated heterocycles. The first kappa shape index (κ1) is 11.8. The van der Waals surface area contributed by atoms with E-state index < -0.39 is 11.8 Å². The maximum atomic E-state index is 13.4. The lowest BCUT2D eigenvalue weighted by Gasteiger charge is -2.33. The highest BCUT2D eigenvalue weighted by Crippen LogP contribution is 2.41. The van der Waals surface area contributed by atoms with Gasteiger partial charge in [-0.25, -0.2) is 8.78 Å². The van der Waals surface area contributed by atoms with E-state index in [-0.39, 0.29) is 6.42 Å². The molecule has 1 heterocycles. The Bertz CT molecular complexity index is 223. The lowest BCUT2D eigenvalue weighted by molar-refractivity contribution is -0.0484. The number of hydrogen-bond acceptors (Lipinski definition) is 1. The Morgan fingerprint density at radius 1 is 1.27 bits per heavy atom. The second-order valence-corrected chi connectivity index (χ2v) is 6.14. The van der Waals surface area contributed by atoms with Crippen molar-refractivity contribution in [2.45, 2.75) is 42.9 Å². The number of hydrogen-bond donors (Lipinski definition) is 0. The third-order valence-electron chi connectivity index (χ3n) is 3.59. The Morgan fingerprint density at radius 2 is 2.07 bits per heavy atom. The van der Waals surface area contributed by atoms with E-state index in [0.29, 0.717) is 24.2 Å². The van der Waals surface area contributed by atoms with Gasteiger partial charge in [-0.05, 0) is 32.2 Å². The largest absolute Gasteiger partial charge is 0.302 e. The number of likely N-dealkylation sites (tertiary alicyclic amines) is 1. The van der Waals surface area contributed by atoms with Crippen molar-refractivity contribution in [3.05, 3.63) is 0 Å². The van der Waals surface area contributed by atoms with Crippen LogP contribution >= 0.6 is 15.9 Å². The minimum atomic E-state index is -2.40. The molecule has 1 aliphatic carbocycles. The fourth-order valence-corrected chi connectivity index (χ4v) is 3.43. The first-order chi connectivity index (χ1) is 7.08. The van der Waals surface area contributed by atoms with Gasteiger partial charge in [0.2, 0.25) is 0 Å². The van der Waals surface area contributed by atoms with E-state index in [1.807, 2.05) is 0 Å². The molecule has 0 radical (unpaired) electrons. The standard InChI is InChI=1S/C11H18BrF2N/c12-10-4-2-6-15(8-10)7-9-3-1-5-11(9,13)14/h9-10H,1-8H2. The summed E-state index contributed by atoms with van der Waals surface area (Å²) < 4.78 is 26.8. The first-order valence-corrected chi connectivity index (χ1v) is 6.74. The van der Waals surface area contributed by atoms with Crippen molar-refractivity contribution in [1.29, 1.82) is 0 Å². The van der Waals surface area contributed by atoms with Crippen LogP contribution in [0.15, 0.2) is 0 Å². The Labute approximate surface area is 98.3 Å². The molecule has 15 heavy (non-hydrogen) atoms. The van der Waals surface area contributed by atoms with Crippen LogP contribution in [0, 0.1) is 5.92 Å². The van der Waals surface area contributed by atoms with Crippen molar-refractivity contribution in [1.82, 2.24) is 4.90 Å². The molecule has 2 aliphatic rings. The van der Waals surface area contributed by atoms with Crippen molar-refractivity contribution in [3.8, 4) is 0 Å². The quantitative estimate of drug-likeness (QED) is 0.703. The highest BCUT2D eigenvalue weighted by molar-refractivity contribution is 9.09. The highest BCUT2D eigenvalue weighted by atomic mass is 79.9. The summed E-state index contributed by atoms with van der Waals surface area (Å²) in [6.45, 7) is 2.52. The van der Waals surface area contributed by atoms with Crippen LogP contribution in [0.4, 0.5) is 8.78 Å². The Hall–Kier alpha value is 0.300. The van der Waals surface area contributed by atoms with Crippen LogP contribution in [-0.4, -0.2) is 35.3 Å². The summed E-state index contributed by atoms with van der Waals surface area (Å²) in [6, 6.07) is 0. The summed E-state index contributed by atoms with van der Waals surface area (Å²) in [5, 5.41) is 0. The minimum Gasteiger partial charge on any atom is -0.302 e. The van der Waals surface area contributed by atoms with E-state index in [2.05, 4.69) is 20.8 Å². The molecule has 0 aromatic rings. The molecular formula is C11H18BrF2N. The molecule has 1 aliphatic heterocycles. The zero-order valence-electron chi connectivity index (χ0n) is 8.89. The molecule has 0 aromatic carbocycles. The maximum absolute atomic E-state index is 13.4. The average Bonchev–Trinajstić information content (AvgIpc) is 2.46. The molecule has 4 heteroatoms. The molecule has 1 nitrogen and oxygen atoms in total.